The maximum absolute atomic E-state index is 11.6. The molecule has 1 aliphatic rings. The zero-order valence-electron chi connectivity index (χ0n) is 10.6. The average Bonchev–Trinajstić information content (AvgIpc) is 2.73. The van der Waals surface area contributed by atoms with Crippen molar-refractivity contribution in [2.24, 2.45) is 0 Å². The second-order valence-corrected chi connectivity index (χ2v) is 4.27. The summed E-state index contributed by atoms with van der Waals surface area (Å²) in [5, 5.41) is 37.2. The van der Waals surface area contributed by atoms with Crippen LogP contribution in [0.4, 0.5) is 0 Å². The van der Waals surface area contributed by atoms with Crippen molar-refractivity contribution >= 4 is 11.9 Å². The molecule has 0 fully saturated rings. The van der Waals surface area contributed by atoms with Gasteiger partial charge in [0.25, 0.3) is 0 Å². The highest BCUT2D eigenvalue weighted by atomic mass is 16.6. The largest absolute Gasteiger partial charge is 0.508 e. The van der Waals surface area contributed by atoms with E-state index in [9.17, 15) is 19.8 Å². The number of cyclic esters (lactones) is 1. The summed E-state index contributed by atoms with van der Waals surface area (Å²) in [5.41, 5.74) is 0.144. The Labute approximate surface area is 118 Å². The van der Waals surface area contributed by atoms with E-state index in [0.717, 1.165) is 0 Å². The van der Waals surface area contributed by atoms with Crippen LogP contribution < -0.4 is 0 Å². The molecule has 1 aliphatic heterocycles. The Bertz CT molecular complexity index is 589. The summed E-state index contributed by atoms with van der Waals surface area (Å²) in [5.74, 6) is -3.75. The van der Waals surface area contributed by atoms with E-state index >= 15 is 0 Å². The molecule has 0 aliphatic carbocycles. The quantitative estimate of drug-likeness (QED) is 0.577. The number of carbonyl (C=O) groups is 2. The number of phenols is 1. The molecule has 21 heavy (non-hydrogen) atoms. The van der Waals surface area contributed by atoms with Gasteiger partial charge in [-0.1, -0.05) is 0 Å². The highest BCUT2D eigenvalue weighted by molar-refractivity contribution is 5.90. The molecule has 0 spiro atoms. The van der Waals surface area contributed by atoms with Crippen LogP contribution in [0.15, 0.2) is 35.8 Å². The van der Waals surface area contributed by atoms with Gasteiger partial charge in [0.1, 0.15) is 18.5 Å². The summed E-state index contributed by atoms with van der Waals surface area (Å²) in [4.78, 5) is 22.6. The number of ether oxygens (including phenoxy) is 2. The number of aliphatic hydroxyl groups is 3. The predicted octanol–water partition coefficient (Wildman–Crippen LogP) is 0.163. The van der Waals surface area contributed by atoms with Crippen LogP contribution >= 0.6 is 0 Å². The maximum Gasteiger partial charge on any atom is 0.377 e. The Morgan fingerprint density at radius 3 is 2.38 bits per heavy atom. The summed E-state index contributed by atoms with van der Waals surface area (Å²) in [6.07, 6.45) is -3.01. The average molecular weight is 296 g/mol. The first-order valence-electron chi connectivity index (χ1n) is 5.87. The van der Waals surface area contributed by atoms with Crippen molar-refractivity contribution in [3.05, 3.63) is 41.3 Å². The van der Waals surface area contributed by atoms with Gasteiger partial charge in [-0.05, 0) is 24.3 Å². The summed E-state index contributed by atoms with van der Waals surface area (Å²) in [6.45, 7) is -0.561. The fraction of sp³-hybridized carbons (Fsp3) is 0.231. The Balaban J connectivity index is 1.93. The van der Waals surface area contributed by atoms with Gasteiger partial charge in [0.2, 0.25) is 5.76 Å². The van der Waals surface area contributed by atoms with Crippen molar-refractivity contribution in [3.8, 4) is 5.75 Å². The predicted molar refractivity (Wildman–Crippen MR) is 66.6 cm³/mol. The lowest BCUT2D eigenvalue weighted by atomic mass is 10.2. The third-order valence-corrected chi connectivity index (χ3v) is 2.78. The summed E-state index contributed by atoms with van der Waals surface area (Å²) < 4.78 is 9.30. The van der Waals surface area contributed by atoms with Crippen molar-refractivity contribution in [1.82, 2.24) is 0 Å². The van der Waals surface area contributed by atoms with Gasteiger partial charge < -0.3 is 29.9 Å². The highest BCUT2D eigenvalue weighted by Gasteiger charge is 2.39. The highest BCUT2D eigenvalue weighted by Crippen LogP contribution is 2.21. The number of rotatable bonds is 4. The van der Waals surface area contributed by atoms with Crippen molar-refractivity contribution in [2.45, 2.75) is 12.2 Å². The molecule has 1 heterocycles. The lowest BCUT2D eigenvalue weighted by molar-refractivity contribution is -0.147. The second kappa shape index (κ2) is 5.71. The number of aliphatic hydroxyl groups excluding tert-OH is 3. The number of esters is 2. The van der Waals surface area contributed by atoms with Crippen LogP contribution in [0.25, 0.3) is 0 Å². The summed E-state index contributed by atoms with van der Waals surface area (Å²) >= 11 is 0. The van der Waals surface area contributed by atoms with Crippen LogP contribution in [0.1, 0.15) is 10.4 Å². The third-order valence-electron chi connectivity index (χ3n) is 2.78. The Kier molecular flexibility index (Phi) is 3.99. The topological polar surface area (TPSA) is 134 Å². The van der Waals surface area contributed by atoms with Crippen LogP contribution in [0.3, 0.4) is 0 Å². The zero-order chi connectivity index (χ0) is 15.6. The molecule has 1 aromatic carbocycles. The van der Waals surface area contributed by atoms with E-state index in [-0.39, 0.29) is 11.3 Å². The van der Waals surface area contributed by atoms with Gasteiger partial charge in [-0.3, -0.25) is 0 Å². The minimum absolute atomic E-state index is 0.0185. The SMILES string of the molecule is O=C1O[C@H]([C@@H](O)COC(=O)c2ccc(O)cc2)C(O)=C1O. The number of benzene rings is 1. The zero-order valence-corrected chi connectivity index (χ0v) is 10.6. The first kappa shape index (κ1) is 14.7. The molecule has 2 rings (SSSR count). The first-order chi connectivity index (χ1) is 9.90. The van der Waals surface area contributed by atoms with E-state index in [1.165, 1.54) is 24.3 Å². The number of aromatic hydroxyl groups is 1. The van der Waals surface area contributed by atoms with Gasteiger partial charge in [-0.15, -0.1) is 0 Å². The molecule has 1 aromatic rings. The number of hydrogen-bond donors (Lipinski definition) is 4. The summed E-state index contributed by atoms with van der Waals surface area (Å²) in [7, 11) is 0. The lowest BCUT2D eigenvalue weighted by Gasteiger charge is -2.17. The molecule has 2 atom stereocenters. The lowest BCUT2D eigenvalue weighted by Crippen LogP contribution is -2.33. The molecule has 4 N–H and O–H groups in total. The molecule has 0 radical (unpaired) electrons. The molecular formula is C13H12O8. The third kappa shape index (κ3) is 3.06. The van der Waals surface area contributed by atoms with Crippen molar-refractivity contribution in [2.75, 3.05) is 6.61 Å². The molecule has 8 heteroatoms. The van der Waals surface area contributed by atoms with Crippen LogP contribution in [0, 0.1) is 0 Å². The Hall–Kier alpha value is -2.74. The normalized spacial score (nSPS) is 19.3. The second-order valence-electron chi connectivity index (χ2n) is 4.27. The molecule has 0 bridgehead atoms. The molecule has 0 saturated carbocycles. The Morgan fingerprint density at radius 1 is 1.24 bits per heavy atom. The van der Waals surface area contributed by atoms with Crippen molar-refractivity contribution in [1.29, 1.82) is 0 Å². The maximum atomic E-state index is 11.6. The van der Waals surface area contributed by atoms with Crippen molar-refractivity contribution in [3.63, 3.8) is 0 Å². The van der Waals surface area contributed by atoms with E-state index in [1.807, 2.05) is 0 Å². The van der Waals surface area contributed by atoms with Gasteiger partial charge in [0, 0.05) is 0 Å². The molecule has 0 aromatic heterocycles. The van der Waals surface area contributed by atoms with E-state index in [0.29, 0.717) is 0 Å². The monoisotopic (exact) mass is 296 g/mol. The van der Waals surface area contributed by atoms with Crippen LogP contribution in [-0.2, 0) is 14.3 Å². The standard InChI is InChI=1S/C13H12O8/c14-7-3-1-6(2-4-7)12(18)20-5-8(15)11-9(16)10(17)13(19)21-11/h1-4,8,11,14-17H,5H2/t8-,11+/m0/s1. The van der Waals surface area contributed by atoms with Gasteiger partial charge >= 0.3 is 11.9 Å². The fourth-order valence-electron chi connectivity index (χ4n) is 1.66. The number of carbonyl (C=O) groups excluding carboxylic acids is 2. The first-order valence-corrected chi connectivity index (χ1v) is 5.87. The minimum Gasteiger partial charge on any atom is -0.508 e. The van der Waals surface area contributed by atoms with Crippen LogP contribution in [-0.4, -0.2) is 51.2 Å². The number of hydrogen-bond acceptors (Lipinski definition) is 8. The molecular weight excluding hydrogens is 284 g/mol. The summed E-state index contributed by atoms with van der Waals surface area (Å²) in [6, 6.07) is 5.22. The molecule has 112 valence electrons. The minimum atomic E-state index is -1.53. The van der Waals surface area contributed by atoms with Crippen LogP contribution in [0.2, 0.25) is 0 Å². The van der Waals surface area contributed by atoms with Crippen LogP contribution in [0.5, 0.6) is 5.75 Å². The molecule has 8 nitrogen and oxygen atoms in total. The Morgan fingerprint density at radius 2 is 1.86 bits per heavy atom. The molecule has 0 saturated heterocycles. The fourth-order valence-corrected chi connectivity index (χ4v) is 1.66. The van der Waals surface area contributed by atoms with E-state index in [2.05, 4.69) is 4.74 Å². The van der Waals surface area contributed by atoms with E-state index in [4.69, 9.17) is 14.9 Å². The molecule has 0 unspecified atom stereocenters. The molecule has 0 amide bonds. The number of phenolic OH excluding ortho intramolecular Hbond substituents is 1. The van der Waals surface area contributed by atoms with Gasteiger partial charge in [0.15, 0.2) is 11.9 Å². The van der Waals surface area contributed by atoms with E-state index < -0.39 is 42.3 Å². The van der Waals surface area contributed by atoms with Gasteiger partial charge in [0.05, 0.1) is 5.56 Å². The smallest absolute Gasteiger partial charge is 0.377 e. The van der Waals surface area contributed by atoms with E-state index in [1.54, 1.807) is 0 Å². The van der Waals surface area contributed by atoms with Crippen molar-refractivity contribution < 1.29 is 39.5 Å². The van der Waals surface area contributed by atoms with Gasteiger partial charge in [-0.2, -0.15) is 0 Å². The van der Waals surface area contributed by atoms with Gasteiger partial charge in [-0.25, -0.2) is 9.59 Å².